The van der Waals surface area contributed by atoms with Crippen LogP contribution in [0, 0.1) is 5.41 Å². The molecular formula is C10H22N2O3S. The predicted octanol–water partition coefficient (Wildman–Crippen LogP) is 0.0697. The molecule has 0 bridgehead atoms. The second-order valence-corrected chi connectivity index (χ2v) is 6.69. The molecule has 0 aromatic heterocycles. The van der Waals surface area contributed by atoms with E-state index in [1.165, 1.54) is 0 Å². The van der Waals surface area contributed by atoms with Crippen molar-refractivity contribution in [3.63, 3.8) is 0 Å². The maximum absolute atomic E-state index is 11.6. The number of nitrogens with one attached hydrogen (secondary N) is 1. The number of ether oxygens (including phenoxy) is 1. The lowest BCUT2D eigenvalue weighted by Gasteiger charge is -2.14. The van der Waals surface area contributed by atoms with Crippen molar-refractivity contribution in [3.8, 4) is 0 Å². The summed E-state index contributed by atoms with van der Waals surface area (Å²) in [6.07, 6.45) is 2.11. The molecule has 0 amide bonds. The molecule has 1 aliphatic rings. The standard InChI is InChI=1S/C10H22N2O3S/c1-9(2)15-5-6-16(13,14)12-8-10(7-11)3-4-10/h9,12H,3-8,11H2,1-2H3. The average Bonchev–Trinajstić information content (AvgIpc) is 2.95. The molecule has 0 aromatic carbocycles. The van der Waals surface area contributed by atoms with Gasteiger partial charge in [0, 0.05) is 6.54 Å². The van der Waals surface area contributed by atoms with Crippen molar-refractivity contribution in [1.82, 2.24) is 4.72 Å². The highest BCUT2D eigenvalue weighted by Crippen LogP contribution is 2.43. The summed E-state index contributed by atoms with van der Waals surface area (Å²) < 4.78 is 30.9. The predicted molar refractivity (Wildman–Crippen MR) is 63.6 cm³/mol. The first-order valence-electron chi connectivity index (χ1n) is 5.68. The summed E-state index contributed by atoms with van der Waals surface area (Å²) in [5.41, 5.74) is 5.61. The normalized spacial score (nSPS) is 19.0. The van der Waals surface area contributed by atoms with Crippen LogP contribution in [0.2, 0.25) is 0 Å². The van der Waals surface area contributed by atoms with Gasteiger partial charge in [-0.15, -0.1) is 0 Å². The first kappa shape index (κ1) is 13.9. The molecule has 5 nitrogen and oxygen atoms in total. The van der Waals surface area contributed by atoms with Gasteiger partial charge in [-0.25, -0.2) is 13.1 Å². The van der Waals surface area contributed by atoms with Crippen LogP contribution in [0.3, 0.4) is 0 Å². The quantitative estimate of drug-likeness (QED) is 0.639. The largest absolute Gasteiger partial charge is 0.378 e. The van der Waals surface area contributed by atoms with Gasteiger partial charge in [-0.2, -0.15) is 0 Å². The molecule has 1 saturated carbocycles. The van der Waals surface area contributed by atoms with E-state index in [2.05, 4.69) is 4.72 Å². The van der Waals surface area contributed by atoms with E-state index < -0.39 is 10.0 Å². The van der Waals surface area contributed by atoms with Crippen LogP contribution in [0.4, 0.5) is 0 Å². The zero-order valence-electron chi connectivity index (χ0n) is 10.0. The molecule has 0 saturated heterocycles. The van der Waals surface area contributed by atoms with Gasteiger partial charge in [0.1, 0.15) is 0 Å². The fourth-order valence-electron chi connectivity index (χ4n) is 1.36. The summed E-state index contributed by atoms with van der Waals surface area (Å²) in [5.74, 6) is 0.0197. The SMILES string of the molecule is CC(C)OCCS(=O)(=O)NCC1(CN)CC1. The Bertz CT molecular complexity index is 310. The minimum Gasteiger partial charge on any atom is -0.378 e. The molecule has 0 aromatic rings. The number of sulfonamides is 1. The van der Waals surface area contributed by atoms with E-state index in [-0.39, 0.29) is 23.9 Å². The molecule has 0 radical (unpaired) electrons. The lowest BCUT2D eigenvalue weighted by atomic mass is 10.1. The Labute approximate surface area is 97.8 Å². The molecule has 3 N–H and O–H groups in total. The third-order valence-corrected chi connectivity index (χ3v) is 4.15. The van der Waals surface area contributed by atoms with Crippen molar-refractivity contribution in [3.05, 3.63) is 0 Å². The molecule has 16 heavy (non-hydrogen) atoms. The Morgan fingerprint density at radius 3 is 2.50 bits per heavy atom. The van der Waals surface area contributed by atoms with E-state index in [9.17, 15) is 8.42 Å². The first-order valence-corrected chi connectivity index (χ1v) is 7.33. The van der Waals surface area contributed by atoms with Gasteiger partial charge in [0.15, 0.2) is 0 Å². The monoisotopic (exact) mass is 250 g/mol. The van der Waals surface area contributed by atoms with E-state index >= 15 is 0 Å². The summed E-state index contributed by atoms with van der Waals surface area (Å²) >= 11 is 0. The maximum Gasteiger partial charge on any atom is 0.213 e. The molecule has 1 rings (SSSR count). The van der Waals surface area contributed by atoms with Gasteiger partial charge >= 0.3 is 0 Å². The minimum atomic E-state index is -3.21. The van der Waals surface area contributed by atoms with Gasteiger partial charge in [0.25, 0.3) is 0 Å². The third kappa shape index (κ3) is 4.78. The molecule has 6 heteroatoms. The van der Waals surface area contributed by atoms with E-state index in [1.807, 2.05) is 13.8 Å². The highest BCUT2D eigenvalue weighted by atomic mass is 32.2. The zero-order chi connectivity index (χ0) is 12.2. The van der Waals surface area contributed by atoms with Crippen LogP contribution < -0.4 is 10.5 Å². The molecule has 0 atom stereocenters. The van der Waals surface area contributed by atoms with Crippen LogP contribution >= 0.6 is 0 Å². The fraction of sp³-hybridized carbons (Fsp3) is 1.00. The van der Waals surface area contributed by atoms with Crippen molar-refractivity contribution in [1.29, 1.82) is 0 Å². The summed E-state index contributed by atoms with van der Waals surface area (Å²) in [6, 6.07) is 0. The summed E-state index contributed by atoms with van der Waals surface area (Å²) in [4.78, 5) is 0. The van der Waals surface area contributed by atoms with Crippen LogP contribution in [0.25, 0.3) is 0 Å². The van der Waals surface area contributed by atoms with Gasteiger partial charge in [-0.1, -0.05) is 0 Å². The van der Waals surface area contributed by atoms with Crippen molar-refractivity contribution < 1.29 is 13.2 Å². The van der Waals surface area contributed by atoms with Crippen LogP contribution in [0.1, 0.15) is 26.7 Å². The Hall–Kier alpha value is -0.170. The van der Waals surface area contributed by atoms with E-state index in [1.54, 1.807) is 0 Å². The lowest BCUT2D eigenvalue weighted by molar-refractivity contribution is 0.0911. The van der Waals surface area contributed by atoms with Crippen LogP contribution in [-0.2, 0) is 14.8 Å². The Kier molecular flexibility index (Phi) is 4.73. The number of nitrogens with two attached hydrogens (primary N) is 1. The average molecular weight is 250 g/mol. The summed E-state index contributed by atoms with van der Waals surface area (Å²) in [5, 5.41) is 0. The molecular weight excluding hydrogens is 228 g/mol. The van der Waals surface area contributed by atoms with E-state index in [0.29, 0.717) is 13.1 Å². The second-order valence-electron chi connectivity index (χ2n) is 4.76. The van der Waals surface area contributed by atoms with Crippen LogP contribution in [0.15, 0.2) is 0 Å². The topological polar surface area (TPSA) is 81.4 Å². The fourth-order valence-corrected chi connectivity index (χ4v) is 2.34. The van der Waals surface area contributed by atoms with Crippen molar-refractivity contribution >= 4 is 10.0 Å². The van der Waals surface area contributed by atoms with E-state index in [4.69, 9.17) is 10.5 Å². The van der Waals surface area contributed by atoms with Crippen LogP contribution in [0.5, 0.6) is 0 Å². The molecule has 0 aliphatic heterocycles. The third-order valence-electron chi connectivity index (χ3n) is 2.86. The Balaban J connectivity index is 2.24. The number of hydrogen-bond donors (Lipinski definition) is 2. The highest BCUT2D eigenvalue weighted by Gasteiger charge is 2.41. The molecule has 0 heterocycles. The second kappa shape index (κ2) is 5.44. The highest BCUT2D eigenvalue weighted by molar-refractivity contribution is 7.89. The van der Waals surface area contributed by atoms with Gasteiger partial charge in [-0.3, -0.25) is 0 Å². The Morgan fingerprint density at radius 1 is 1.44 bits per heavy atom. The van der Waals surface area contributed by atoms with Gasteiger partial charge in [-0.05, 0) is 38.6 Å². The van der Waals surface area contributed by atoms with Crippen molar-refractivity contribution in [2.24, 2.45) is 11.1 Å². The molecule has 0 unspecified atom stereocenters. The summed E-state index contributed by atoms with van der Waals surface area (Å²) in [6.45, 7) is 5.02. The van der Waals surface area contributed by atoms with Crippen LogP contribution in [-0.4, -0.2) is 40.0 Å². The maximum atomic E-state index is 11.6. The van der Waals surface area contributed by atoms with E-state index in [0.717, 1.165) is 12.8 Å². The van der Waals surface area contributed by atoms with Crippen molar-refractivity contribution in [2.45, 2.75) is 32.8 Å². The molecule has 0 spiro atoms. The molecule has 1 fully saturated rings. The molecule has 96 valence electrons. The van der Waals surface area contributed by atoms with Gasteiger partial charge < -0.3 is 10.5 Å². The van der Waals surface area contributed by atoms with Gasteiger partial charge in [0.05, 0.1) is 18.5 Å². The lowest BCUT2D eigenvalue weighted by Crippen LogP contribution is -2.36. The Morgan fingerprint density at radius 2 is 2.06 bits per heavy atom. The number of hydrogen-bond acceptors (Lipinski definition) is 4. The zero-order valence-corrected chi connectivity index (χ0v) is 10.8. The molecule has 1 aliphatic carbocycles. The van der Waals surface area contributed by atoms with Crippen molar-refractivity contribution in [2.75, 3.05) is 25.4 Å². The minimum absolute atomic E-state index is 0.0197. The first-order chi connectivity index (χ1) is 7.39. The number of rotatable bonds is 8. The van der Waals surface area contributed by atoms with Gasteiger partial charge in [0.2, 0.25) is 10.0 Å². The summed E-state index contributed by atoms with van der Waals surface area (Å²) in [7, 11) is -3.21. The smallest absolute Gasteiger partial charge is 0.213 e.